The number of fused-ring (bicyclic) bond motifs is 1. The fraction of sp³-hybridized carbons (Fsp3) is 0.703. The third-order valence-electron chi connectivity index (χ3n) is 9.57. The number of nitriles is 1. The Labute approximate surface area is 310 Å². The zero-order valence-corrected chi connectivity index (χ0v) is 32.2. The normalized spacial score (nSPS) is 23.4. The van der Waals surface area contributed by atoms with Crippen LogP contribution in [0.3, 0.4) is 0 Å². The number of carbonyl (C=O) groups is 4. The molecule has 1 aliphatic carbocycles. The molecule has 2 fully saturated rings. The number of amides is 2. The van der Waals surface area contributed by atoms with Crippen molar-refractivity contribution in [1.29, 1.82) is 5.26 Å². The lowest BCUT2D eigenvalue weighted by Crippen LogP contribution is -2.53. The van der Waals surface area contributed by atoms with Gasteiger partial charge in [-0.15, -0.1) is 0 Å². The number of hydrogen-bond acceptors (Lipinski definition) is 13. The summed E-state index contributed by atoms with van der Waals surface area (Å²) < 4.78 is 29.8. The lowest BCUT2D eigenvalue weighted by atomic mass is 9.86. The highest BCUT2D eigenvalue weighted by Crippen LogP contribution is 2.42. The number of nitrogens with zero attached hydrogens (tertiary/aromatic N) is 4. The van der Waals surface area contributed by atoms with E-state index in [1.54, 1.807) is 55.4 Å². The highest BCUT2D eigenvalue weighted by molar-refractivity contribution is 5.98. The van der Waals surface area contributed by atoms with Crippen molar-refractivity contribution in [3.8, 4) is 6.07 Å². The van der Waals surface area contributed by atoms with E-state index in [9.17, 15) is 29.5 Å². The van der Waals surface area contributed by atoms with Gasteiger partial charge in [-0.1, -0.05) is 46.5 Å². The molecule has 0 aromatic carbocycles. The van der Waals surface area contributed by atoms with Crippen molar-refractivity contribution < 1.29 is 48.0 Å². The summed E-state index contributed by atoms with van der Waals surface area (Å²) >= 11 is 0. The second-order valence-corrected chi connectivity index (χ2v) is 16.3. The third kappa shape index (κ3) is 9.81. The van der Waals surface area contributed by atoms with Gasteiger partial charge in [0, 0.05) is 13.5 Å². The standard InChI is InChI=1S/C37H54N6O10/c1-34(2,3)28(41-33(48)53-35(4,5)6)31(46)51-27-24(19-50-26(44)18-22-14-12-10-11-13-15-22)52-37(20-38,29(27)45)25-17-16-23-30(39-21-40-43(23)25)42-32(47)36(7,8)49-9/h16-17,21-22,24,27-29,45H,10-15,18-19H2,1-9H3,(H,41,48)(H,39,40,42,47)/t24-,27-,28-,29-,37+/m1/s1. The average Bonchev–Trinajstić information content (AvgIpc) is 3.50. The van der Waals surface area contributed by atoms with Crippen LogP contribution in [0.5, 0.6) is 0 Å². The van der Waals surface area contributed by atoms with E-state index in [1.807, 2.05) is 6.07 Å². The van der Waals surface area contributed by atoms with Gasteiger partial charge >= 0.3 is 18.0 Å². The van der Waals surface area contributed by atoms with Gasteiger partial charge in [0.15, 0.2) is 11.9 Å². The Morgan fingerprint density at radius 2 is 1.74 bits per heavy atom. The minimum atomic E-state index is -2.22. The number of alkyl carbamates (subject to hydrolysis) is 1. The van der Waals surface area contributed by atoms with Crippen LogP contribution in [0.15, 0.2) is 18.5 Å². The molecule has 53 heavy (non-hydrogen) atoms. The first kappa shape index (κ1) is 41.4. The van der Waals surface area contributed by atoms with Crippen molar-refractivity contribution in [3.63, 3.8) is 0 Å². The van der Waals surface area contributed by atoms with Crippen molar-refractivity contribution >= 4 is 35.3 Å². The van der Waals surface area contributed by atoms with Crippen LogP contribution in [0, 0.1) is 22.7 Å². The third-order valence-corrected chi connectivity index (χ3v) is 9.57. The Morgan fingerprint density at radius 3 is 2.32 bits per heavy atom. The molecule has 2 aromatic heterocycles. The number of ether oxygens (including phenoxy) is 5. The summed E-state index contributed by atoms with van der Waals surface area (Å²) in [7, 11) is 1.39. The van der Waals surface area contributed by atoms with E-state index in [0.717, 1.165) is 44.9 Å². The summed E-state index contributed by atoms with van der Waals surface area (Å²) in [6, 6.07) is 3.78. The first-order chi connectivity index (χ1) is 24.7. The van der Waals surface area contributed by atoms with Crippen LogP contribution < -0.4 is 10.6 Å². The van der Waals surface area contributed by atoms with E-state index in [0.29, 0.717) is 0 Å². The molecule has 2 aromatic rings. The number of esters is 2. The van der Waals surface area contributed by atoms with Gasteiger partial charge in [-0.25, -0.2) is 19.1 Å². The van der Waals surface area contributed by atoms with Crippen molar-refractivity contribution in [3.05, 3.63) is 24.2 Å². The maximum absolute atomic E-state index is 13.9. The van der Waals surface area contributed by atoms with Gasteiger partial charge in [-0.05, 0) is 70.9 Å². The first-order valence-corrected chi connectivity index (χ1v) is 18.0. The van der Waals surface area contributed by atoms with Crippen LogP contribution in [0.25, 0.3) is 5.52 Å². The van der Waals surface area contributed by atoms with Crippen LogP contribution >= 0.6 is 0 Å². The Bertz CT molecular complexity index is 1680. The summed E-state index contributed by atoms with van der Waals surface area (Å²) in [4.78, 5) is 56.9. The van der Waals surface area contributed by atoms with Gasteiger partial charge < -0.3 is 39.4 Å². The highest BCUT2D eigenvalue weighted by Gasteiger charge is 2.60. The second kappa shape index (κ2) is 16.4. The number of carbonyl (C=O) groups excluding carboxylic acids is 4. The molecule has 1 aliphatic heterocycles. The number of hydrogen-bond donors (Lipinski definition) is 3. The Morgan fingerprint density at radius 1 is 1.08 bits per heavy atom. The van der Waals surface area contributed by atoms with Gasteiger partial charge in [0.1, 0.15) is 54.0 Å². The number of rotatable bonds is 11. The lowest BCUT2D eigenvalue weighted by molar-refractivity contribution is -0.164. The summed E-state index contributed by atoms with van der Waals surface area (Å²) in [6.45, 7) is 12.9. The number of anilines is 1. The van der Waals surface area contributed by atoms with Crippen LogP contribution in [0.1, 0.15) is 106 Å². The molecule has 16 heteroatoms. The highest BCUT2D eigenvalue weighted by atomic mass is 16.6. The minimum absolute atomic E-state index is 0.0268. The molecule has 0 bridgehead atoms. The predicted octanol–water partition coefficient (Wildman–Crippen LogP) is 4.33. The molecule has 16 nitrogen and oxygen atoms in total. The number of aliphatic hydroxyl groups excluding tert-OH is 1. The molecule has 3 N–H and O–H groups in total. The van der Waals surface area contributed by atoms with E-state index >= 15 is 0 Å². The lowest BCUT2D eigenvalue weighted by Gasteiger charge is -2.32. The monoisotopic (exact) mass is 742 g/mol. The minimum Gasteiger partial charge on any atom is -0.463 e. The maximum Gasteiger partial charge on any atom is 0.408 e. The molecule has 1 saturated heterocycles. The quantitative estimate of drug-likeness (QED) is 0.166. The number of methoxy groups -OCH3 is 1. The maximum atomic E-state index is 13.9. The zero-order valence-electron chi connectivity index (χ0n) is 32.2. The summed E-state index contributed by atoms with van der Waals surface area (Å²) in [5, 5.41) is 32.2. The van der Waals surface area contributed by atoms with Crippen LogP contribution in [-0.4, -0.2) is 92.9 Å². The summed E-state index contributed by atoms with van der Waals surface area (Å²) in [5.41, 5.74) is -4.87. The van der Waals surface area contributed by atoms with Gasteiger partial charge in [0.2, 0.25) is 5.60 Å². The topological polar surface area (TPSA) is 213 Å². The molecular weight excluding hydrogens is 688 g/mol. The van der Waals surface area contributed by atoms with Crippen molar-refractivity contribution in [1.82, 2.24) is 19.9 Å². The van der Waals surface area contributed by atoms with Crippen molar-refractivity contribution in [2.24, 2.45) is 11.3 Å². The zero-order chi connectivity index (χ0) is 39.4. The SMILES string of the molecule is COC(C)(C)C(=O)Nc1ncnn2c([C@]3(C#N)O[C@H](COC(=O)CC4CCCCCC4)[C@@H](OC(=O)[C@@H](NC(=O)OC(C)(C)C)C(C)(C)C)[C@H]3O)ccc12. The van der Waals surface area contributed by atoms with E-state index in [-0.39, 0.29) is 29.4 Å². The average molecular weight is 743 g/mol. The Kier molecular flexibility index (Phi) is 12.8. The number of aromatic nitrogens is 3. The number of aliphatic hydroxyl groups is 1. The Hall–Kier alpha value is -4.33. The summed E-state index contributed by atoms with van der Waals surface area (Å²) in [6.07, 6.45) is 1.94. The second-order valence-electron chi connectivity index (χ2n) is 16.3. The van der Waals surface area contributed by atoms with Gasteiger partial charge in [0.25, 0.3) is 5.91 Å². The van der Waals surface area contributed by atoms with E-state index in [4.69, 9.17) is 23.7 Å². The van der Waals surface area contributed by atoms with Crippen LogP contribution in [0.4, 0.5) is 10.6 Å². The molecule has 3 heterocycles. The molecule has 0 radical (unpaired) electrons. The summed E-state index contributed by atoms with van der Waals surface area (Å²) in [5.74, 6) is -1.65. The molecular formula is C37H54N6O10. The largest absolute Gasteiger partial charge is 0.463 e. The molecule has 4 rings (SSSR count). The molecule has 2 aliphatic rings. The van der Waals surface area contributed by atoms with Crippen molar-refractivity contribution in [2.45, 2.75) is 141 Å². The molecule has 5 atom stereocenters. The smallest absolute Gasteiger partial charge is 0.408 e. The van der Waals surface area contributed by atoms with Gasteiger partial charge in [-0.2, -0.15) is 10.4 Å². The van der Waals surface area contributed by atoms with Gasteiger partial charge in [-0.3, -0.25) is 9.59 Å². The molecule has 0 spiro atoms. The molecule has 1 saturated carbocycles. The van der Waals surface area contributed by atoms with Crippen molar-refractivity contribution in [2.75, 3.05) is 19.0 Å². The van der Waals surface area contributed by atoms with Gasteiger partial charge in [0.05, 0.1) is 5.69 Å². The molecule has 0 unspecified atom stereocenters. The van der Waals surface area contributed by atoms with E-state index in [1.165, 1.54) is 23.8 Å². The van der Waals surface area contributed by atoms with E-state index < -0.39 is 77.1 Å². The fourth-order valence-electron chi connectivity index (χ4n) is 6.40. The van der Waals surface area contributed by atoms with Crippen LogP contribution in [-0.2, 0) is 43.7 Å². The molecule has 2 amide bonds. The Balaban J connectivity index is 1.68. The fourth-order valence-corrected chi connectivity index (χ4v) is 6.40. The van der Waals surface area contributed by atoms with Crippen LogP contribution in [0.2, 0.25) is 0 Å². The number of nitrogens with one attached hydrogen (secondary N) is 2. The molecule has 292 valence electrons. The predicted molar refractivity (Wildman–Crippen MR) is 190 cm³/mol. The van der Waals surface area contributed by atoms with E-state index in [2.05, 4.69) is 20.7 Å². The first-order valence-electron chi connectivity index (χ1n) is 18.0.